The van der Waals surface area contributed by atoms with Gasteiger partial charge in [-0.3, -0.25) is 14.4 Å². The topological polar surface area (TPSA) is 96.4 Å². The third kappa shape index (κ3) is 2.98. The van der Waals surface area contributed by atoms with Crippen molar-refractivity contribution in [1.29, 1.82) is 0 Å². The van der Waals surface area contributed by atoms with Gasteiger partial charge in [-0.05, 0) is 44.4 Å². The third-order valence-electron chi connectivity index (χ3n) is 5.77. The number of ether oxygens (including phenoxy) is 2. The average Bonchev–Trinajstić information content (AvgIpc) is 3.38. The SMILES string of the molecule is CC1C(C(=O)O)CCN1C(=O)C1CCCN1C(=O)c1ccc2c(c1)OCO2. The lowest BCUT2D eigenvalue weighted by Gasteiger charge is -2.31. The monoisotopic (exact) mass is 374 g/mol. The number of likely N-dealkylation sites (tertiary alicyclic amines) is 2. The molecule has 0 bridgehead atoms. The van der Waals surface area contributed by atoms with Crippen LogP contribution in [0.4, 0.5) is 0 Å². The first-order valence-electron chi connectivity index (χ1n) is 9.21. The molecule has 8 nitrogen and oxygen atoms in total. The van der Waals surface area contributed by atoms with Crippen LogP contribution in [0.3, 0.4) is 0 Å². The number of nitrogens with zero attached hydrogens (tertiary/aromatic N) is 2. The van der Waals surface area contributed by atoms with Crippen molar-refractivity contribution in [3.05, 3.63) is 23.8 Å². The fraction of sp³-hybridized carbons (Fsp3) is 0.526. The van der Waals surface area contributed by atoms with Crippen molar-refractivity contribution in [3.8, 4) is 11.5 Å². The van der Waals surface area contributed by atoms with E-state index < -0.39 is 17.9 Å². The summed E-state index contributed by atoms with van der Waals surface area (Å²) in [5.74, 6) is -0.666. The van der Waals surface area contributed by atoms with E-state index in [4.69, 9.17) is 9.47 Å². The Morgan fingerprint density at radius 3 is 2.59 bits per heavy atom. The highest BCUT2D eigenvalue weighted by Crippen LogP contribution is 2.34. The standard InChI is InChI=1S/C19H22N2O6/c1-11-13(19(24)25)6-8-20(11)18(23)14-3-2-7-21(14)17(22)12-4-5-15-16(9-12)27-10-26-15/h4-5,9,11,13-14H,2-3,6-8,10H2,1H3,(H,24,25). The lowest BCUT2D eigenvalue weighted by molar-refractivity contribution is -0.143. The fourth-order valence-corrected chi connectivity index (χ4v) is 4.23. The molecule has 0 spiro atoms. The van der Waals surface area contributed by atoms with Crippen LogP contribution in [-0.2, 0) is 9.59 Å². The molecule has 0 radical (unpaired) electrons. The van der Waals surface area contributed by atoms with Crippen molar-refractivity contribution in [2.24, 2.45) is 5.92 Å². The van der Waals surface area contributed by atoms with Crippen LogP contribution in [0.2, 0.25) is 0 Å². The smallest absolute Gasteiger partial charge is 0.308 e. The Bertz CT molecular complexity index is 794. The van der Waals surface area contributed by atoms with Gasteiger partial charge in [-0.2, -0.15) is 0 Å². The van der Waals surface area contributed by atoms with E-state index in [0.717, 1.165) is 6.42 Å². The minimum atomic E-state index is -0.877. The Morgan fingerprint density at radius 1 is 1.07 bits per heavy atom. The second-order valence-electron chi connectivity index (χ2n) is 7.23. The third-order valence-corrected chi connectivity index (χ3v) is 5.77. The molecule has 1 aromatic rings. The van der Waals surface area contributed by atoms with Gasteiger partial charge in [0.2, 0.25) is 12.7 Å². The Morgan fingerprint density at radius 2 is 1.85 bits per heavy atom. The molecule has 3 aliphatic rings. The highest BCUT2D eigenvalue weighted by molar-refractivity contribution is 5.98. The first kappa shape index (κ1) is 17.6. The molecule has 3 heterocycles. The van der Waals surface area contributed by atoms with Gasteiger partial charge in [0, 0.05) is 24.7 Å². The molecule has 0 aromatic heterocycles. The number of fused-ring (bicyclic) bond motifs is 1. The second kappa shape index (κ2) is 6.75. The lowest BCUT2D eigenvalue weighted by Crippen LogP contribution is -2.49. The Balaban J connectivity index is 1.51. The van der Waals surface area contributed by atoms with E-state index in [1.807, 2.05) is 0 Å². The molecule has 2 amide bonds. The molecule has 8 heteroatoms. The zero-order chi connectivity index (χ0) is 19.1. The van der Waals surface area contributed by atoms with Crippen LogP contribution in [0.25, 0.3) is 0 Å². The van der Waals surface area contributed by atoms with E-state index in [0.29, 0.717) is 43.0 Å². The van der Waals surface area contributed by atoms with Crippen LogP contribution in [-0.4, -0.2) is 64.7 Å². The van der Waals surface area contributed by atoms with E-state index in [1.165, 1.54) is 0 Å². The minimum absolute atomic E-state index is 0.134. The van der Waals surface area contributed by atoms with E-state index in [2.05, 4.69) is 0 Å². The van der Waals surface area contributed by atoms with Crippen LogP contribution in [0, 0.1) is 5.92 Å². The van der Waals surface area contributed by atoms with Gasteiger partial charge in [0.1, 0.15) is 6.04 Å². The zero-order valence-electron chi connectivity index (χ0n) is 15.1. The van der Waals surface area contributed by atoms with Gasteiger partial charge in [-0.1, -0.05) is 0 Å². The molecule has 3 aliphatic heterocycles. The quantitative estimate of drug-likeness (QED) is 0.858. The maximum Gasteiger partial charge on any atom is 0.308 e. The van der Waals surface area contributed by atoms with Crippen molar-refractivity contribution in [2.75, 3.05) is 19.9 Å². The summed E-state index contributed by atoms with van der Waals surface area (Å²) in [6.45, 7) is 2.83. The Hall–Kier alpha value is -2.77. The molecule has 2 fully saturated rings. The summed E-state index contributed by atoms with van der Waals surface area (Å²) >= 11 is 0. The first-order valence-corrected chi connectivity index (χ1v) is 9.21. The minimum Gasteiger partial charge on any atom is -0.481 e. The highest BCUT2D eigenvalue weighted by atomic mass is 16.7. The number of benzene rings is 1. The van der Waals surface area contributed by atoms with Crippen molar-refractivity contribution < 1.29 is 29.0 Å². The lowest BCUT2D eigenvalue weighted by atomic mass is 10.0. The molecule has 144 valence electrons. The summed E-state index contributed by atoms with van der Waals surface area (Å²) in [6.07, 6.45) is 1.79. The number of amides is 2. The van der Waals surface area contributed by atoms with Crippen molar-refractivity contribution in [2.45, 2.75) is 38.3 Å². The van der Waals surface area contributed by atoms with Crippen LogP contribution in [0.5, 0.6) is 11.5 Å². The molecule has 2 saturated heterocycles. The summed E-state index contributed by atoms with van der Waals surface area (Å²) in [7, 11) is 0. The van der Waals surface area contributed by atoms with Gasteiger partial charge in [0.05, 0.1) is 5.92 Å². The summed E-state index contributed by atoms with van der Waals surface area (Å²) in [6, 6.07) is 4.11. The Kier molecular flexibility index (Phi) is 4.41. The fourth-order valence-electron chi connectivity index (χ4n) is 4.23. The van der Waals surface area contributed by atoms with Gasteiger partial charge < -0.3 is 24.4 Å². The summed E-state index contributed by atoms with van der Waals surface area (Å²) in [5, 5.41) is 9.29. The zero-order valence-corrected chi connectivity index (χ0v) is 15.1. The average molecular weight is 374 g/mol. The van der Waals surface area contributed by atoms with E-state index in [9.17, 15) is 19.5 Å². The number of hydrogen-bond acceptors (Lipinski definition) is 5. The Labute approximate surface area is 156 Å². The normalized spacial score (nSPS) is 26.5. The molecule has 4 rings (SSSR count). The summed E-state index contributed by atoms with van der Waals surface area (Å²) < 4.78 is 10.6. The largest absolute Gasteiger partial charge is 0.481 e. The molecule has 0 aliphatic carbocycles. The highest BCUT2D eigenvalue weighted by Gasteiger charge is 2.43. The number of carboxylic acids is 1. The van der Waals surface area contributed by atoms with Crippen molar-refractivity contribution in [1.82, 2.24) is 9.80 Å². The maximum atomic E-state index is 13.1. The number of aliphatic carboxylic acids is 1. The molecule has 1 N–H and O–H groups in total. The number of carboxylic acid groups (broad SMARTS) is 1. The van der Waals surface area contributed by atoms with Gasteiger partial charge in [-0.15, -0.1) is 0 Å². The van der Waals surface area contributed by atoms with Gasteiger partial charge >= 0.3 is 5.97 Å². The van der Waals surface area contributed by atoms with Gasteiger partial charge in [0.25, 0.3) is 5.91 Å². The van der Waals surface area contributed by atoms with Crippen LogP contribution < -0.4 is 9.47 Å². The predicted molar refractivity (Wildman–Crippen MR) is 93.5 cm³/mol. The van der Waals surface area contributed by atoms with E-state index in [-0.39, 0.29) is 24.6 Å². The molecule has 27 heavy (non-hydrogen) atoms. The number of hydrogen-bond donors (Lipinski definition) is 1. The number of carbonyl (C=O) groups is 3. The summed E-state index contributed by atoms with van der Waals surface area (Å²) in [5.41, 5.74) is 0.455. The molecule has 1 aromatic carbocycles. The molecular weight excluding hydrogens is 352 g/mol. The van der Waals surface area contributed by atoms with Crippen LogP contribution in [0.15, 0.2) is 18.2 Å². The molecule has 3 atom stereocenters. The van der Waals surface area contributed by atoms with E-state index >= 15 is 0 Å². The van der Waals surface area contributed by atoms with Gasteiger partial charge in [-0.25, -0.2) is 0 Å². The van der Waals surface area contributed by atoms with Crippen molar-refractivity contribution >= 4 is 17.8 Å². The molecule has 0 saturated carbocycles. The summed E-state index contributed by atoms with van der Waals surface area (Å²) in [4.78, 5) is 40.6. The second-order valence-corrected chi connectivity index (χ2v) is 7.23. The number of rotatable bonds is 3. The van der Waals surface area contributed by atoms with Crippen LogP contribution >= 0.6 is 0 Å². The molecular formula is C19H22N2O6. The van der Waals surface area contributed by atoms with Gasteiger partial charge in [0.15, 0.2) is 11.5 Å². The first-order chi connectivity index (χ1) is 13.0. The number of carbonyl (C=O) groups excluding carboxylic acids is 2. The van der Waals surface area contributed by atoms with Crippen molar-refractivity contribution in [3.63, 3.8) is 0 Å². The molecule has 3 unspecified atom stereocenters. The van der Waals surface area contributed by atoms with E-state index in [1.54, 1.807) is 34.9 Å². The predicted octanol–water partition coefficient (Wildman–Crippen LogP) is 1.34. The van der Waals surface area contributed by atoms with Crippen LogP contribution in [0.1, 0.15) is 36.5 Å². The maximum absolute atomic E-state index is 13.1.